The van der Waals surface area contributed by atoms with E-state index < -0.39 is 9.84 Å². The number of hydrogen-bond donors (Lipinski definition) is 1. The molecule has 0 spiro atoms. The van der Waals surface area contributed by atoms with Gasteiger partial charge < -0.3 is 9.73 Å². The zero-order chi connectivity index (χ0) is 17.4. The molecule has 1 saturated carbocycles. The van der Waals surface area contributed by atoms with Crippen molar-refractivity contribution in [1.29, 1.82) is 0 Å². The highest BCUT2D eigenvalue weighted by Gasteiger charge is 2.34. The Bertz CT molecular complexity index is 851. The first-order chi connectivity index (χ1) is 12.0. The smallest absolute Gasteiger partial charge is 0.224 e. The minimum atomic E-state index is -3.03. The summed E-state index contributed by atoms with van der Waals surface area (Å²) >= 11 is 0. The lowest BCUT2D eigenvalue weighted by Gasteiger charge is -2.28. The number of nitrogens with one attached hydrogen (secondary N) is 1. The van der Waals surface area contributed by atoms with Crippen LogP contribution in [0, 0.1) is 5.92 Å². The molecule has 0 aromatic carbocycles. The van der Waals surface area contributed by atoms with E-state index in [9.17, 15) is 13.2 Å². The fourth-order valence-electron chi connectivity index (χ4n) is 3.77. The standard InChI is InChI=1S/C17H21N3O4S/c21-16(12-7-9-25(22,23)10-12)19-13-5-3-11(4-6-13)17-20-15-14(24-17)2-1-8-18-15/h1-2,8,11-13H,3-7,9-10H2,(H,19,21). The van der Waals surface area contributed by atoms with Gasteiger partial charge in [-0.3, -0.25) is 4.79 Å². The SMILES string of the molecule is O=C(NC1CCC(c2nc3ncccc3o2)CC1)C1CCS(=O)(=O)C1. The summed E-state index contributed by atoms with van der Waals surface area (Å²) < 4.78 is 28.8. The van der Waals surface area contributed by atoms with Crippen LogP contribution in [0.3, 0.4) is 0 Å². The zero-order valence-corrected chi connectivity index (χ0v) is 14.7. The first-order valence-corrected chi connectivity index (χ1v) is 10.5. The van der Waals surface area contributed by atoms with Crippen molar-refractivity contribution in [3.8, 4) is 0 Å². The van der Waals surface area contributed by atoms with E-state index in [-0.39, 0.29) is 35.3 Å². The number of aromatic nitrogens is 2. The zero-order valence-electron chi connectivity index (χ0n) is 13.8. The van der Waals surface area contributed by atoms with Crippen molar-refractivity contribution in [3.63, 3.8) is 0 Å². The second-order valence-electron chi connectivity index (χ2n) is 7.03. The molecule has 1 saturated heterocycles. The molecular weight excluding hydrogens is 342 g/mol. The molecule has 1 atom stereocenters. The summed E-state index contributed by atoms with van der Waals surface area (Å²) in [4.78, 5) is 20.9. The lowest BCUT2D eigenvalue weighted by Crippen LogP contribution is -2.41. The lowest BCUT2D eigenvalue weighted by atomic mass is 9.85. The van der Waals surface area contributed by atoms with Crippen LogP contribution in [-0.4, -0.2) is 41.8 Å². The maximum Gasteiger partial charge on any atom is 0.224 e. The maximum absolute atomic E-state index is 12.3. The Balaban J connectivity index is 1.33. The largest absolute Gasteiger partial charge is 0.439 e. The number of nitrogens with zero attached hydrogens (tertiary/aromatic N) is 2. The predicted molar refractivity (Wildman–Crippen MR) is 91.7 cm³/mol. The van der Waals surface area contributed by atoms with Crippen molar-refractivity contribution in [2.75, 3.05) is 11.5 Å². The molecular formula is C17H21N3O4S. The van der Waals surface area contributed by atoms with Gasteiger partial charge in [-0.15, -0.1) is 0 Å². The molecule has 1 aliphatic heterocycles. The molecule has 2 aromatic rings. The third-order valence-electron chi connectivity index (χ3n) is 5.21. The molecule has 1 unspecified atom stereocenters. The number of pyridine rings is 1. The minimum absolute atomic E-state index is 0.00984. The molecule has 25 heavy (non-hydrogen) atoms. The molecule has 2 fully saturated rings. The number of hydrogen-bond acceptors (Lipinski definition) is 6. The number of oxazole rings is 1. The number of sulfone groups is 1. The summed E-state index contributed by atoms with van der Waals surface area (Å²) in [6, 6.07) is 3.79. The molecule has 3 heterocycles. The number of fused-ring (bicyclic) bond motifs is 1. The highest BCUT2D eigenvalue weighted by Crippen LogP contribution is 2.34. The number of carbonyl (C=O) groups excluding carboxylic acids is 1. The first-order valence-electron chi connectivity index (χ1n) is 8.72. The molecule has 134 valence electrons. The van der Waals surface area contributed by atoms with Crippen LogP contribution in [0.5, 0.6) is 0 Å². The Morgan fingerprint density at radius 1 is 1.20 bits per heavy atom. The van der Waals surface area contributed by atoms with Crippen LogP contribution in [-0.2, 0) is 14.6 Å². The fraction of sp³-hybridized carbons (Fsp3) is 0.588. The highest BCUT2D eigenvalue weighted by atomic mass is 32.2. The summed E-state index contributed by atoms with van der Waals surface area (Å²) in [5.74, 6) is 0.587. The maximum atomic E-state index is 12.3. The molecule has 8 heteroatoms. The van der Waals surface area contributed by atoms with E-state index in [1.54, 1.807) is 6.20 Å². The van der Waals surface area contributed by atoms with E-state index in [0.29, 0.717) is 17.7 Å². The molecule has 0 radical (unpaired) electrons. The van der Waals surface area contributed by atoms with Gasteiger partial charge in [-0.05, 0) is 44.2 Å². The summed E-state index contributed by atoms with van der Waals surface area (Å²) in [7, 11) is -3.03. The Hall–Kier alpha value is -1.96. The van der Waals surface area contributed by atoms with Gasteiger partial charge >= 0.3 is 0 Å². The second kappa shape index (κ2) is 6.40. The molecule has 7 nitrogen and oxygen atoms in total. The van der Waals surface area contributed by atoms with Crippen molar-refractivity contribution >= 4 is 27.0 Å². The Labute approximate surface area is 146 Å². The van der Waals surface area contributed by atoms with E-state index in [4.69, 9.17) is 4.42 Å². The van der Waals surface area contributed by atoms with Crippen LogP contribution < -0.4 is 5.32 Å². The number of carbonyl (C=O) groups is 1. The van der Waals surface area contributed by atoms with E-state index in [2.05, 4.69) is 15.3 Å². The summed E-state index contributed by atoms with van der Waals surface area (Å²) in [6.45, 7) is 0. The van der Waals surface area contributed by atoms with Crippen LogP contribution >= 0.6 is 0 Å². The van der Waals surface area contributed by atoms with Gasteiger partial charge in [-0.25, -0.2) is 13.4 Å². The second-order valence-corrected chi connectivity index (χ2v) is 9.26. The highest BCUT2D eigenvalue weighted by molar-refractivity contribution is 7.91. The third kappa shape index (κ3) is 3.53. The molecule has 0 bridgehead atoms. The van der Waals surface area contributed by atoms with E-state index in [1.807, 2.05) is 12.1 Å². The quantitative estimate of drug-likeness (QED) is 0.892. The molecule has 2 aliphatic rings. The van der Waals surface area contributed by atoms with Gasteiger partial charge in [-0.2, -0.15) is 4.98 Å². The van der Waals surface area contributed by atoms with Crippen LogP contribution in [0.4, 0.5) is 0 Å². The van der Waals surface area contributed by atoms with Crippen LogP contribution in [0.25, 0.3) is 11.2 Å². The van der Waals surface area contributed by atoms with Gasteiger partial charge in [0.05, 0.1) is 17.4 Å². The van der Waals surface area contributed by atoms with E-state index in [0.717, 1.165) is 31.6 Å². The van der Waals surface area contributed by atoms with Crippen LogP contribution in [0.15, 0.2) is 22.7 Å². The Morgan fingerprint density at radius 3 is 2.68 bits per heavy atom. The number of amides is 1. The molecule has 1 aliphatic carbocycles. The van der Waals surface area contributed by atoms with Crippen molar-refractivity contribution in [3.05, 3.63) is 24.2 Å². The topological polar surface area (TPSA) is 102 Å². The molecule has 1 amide bonds. The minimum Gasteiger partial charge on any atom is -0.439 e. The normalized spacial score (nSPS) is 28.9. The van der Waals surface area contributed by atoms with Gasteiger partial charge in [0, 0.05) is 18.2 Å². The average Bonchev–Trinajstić information content (AvgIpc) is 3.18. The van der Waals surface area contributed by atoms with E-state index in [1.165, 1.54) is 0 Å². The van der Waals surface area contributed by atoms with Crippen LogP contribution in [0.1, 0.15) is 43.9 Å². The Kier molecular flexibility index (Phi) is 4.23. The average molecular weight is 363 g/mol. The van der Waals surface area contributed by atoms with Gasteiger partial charge in [0.15, 0.2) is 27.0 Å². The van der Waals surface area contributed by atoms with Crippen molar-refractivity contribution in [2.45, 2.75) is 44.1 Å². The summed E-state index contributed by atoms with van der Waals surface area (Å²) in [5.41, 5.74) is 1.34. The van der Waals surface area contributed by atoms with Crippen molar-refractivity contribution < 1.29 is 17.6 Å². The fourth-order valence-corrected chi connectivity index (χ4v) is 5.51. The predicted octanol–water partition coefficient (Wildman–Crippen LogP) is 1.80. The number of rotatable bonds is 3. The van der Waals surface area contributed by atoms with Crippen molar-refractivity contribution in [1.82, 2.24) is 15.3 Å². The summed E-state index contributed by atoms with van der Waals surface area (Å²) in [5, 5.41) is 3.03. The van der Waals surface area contributed by atoms with Crippen molar-refractivity contribution in [2.24, 2.45) is 5.92 Å². The van der Waals surface area contributed by atoms with Gasteiger partial charge in [0.25, 0.3) is 0 Å². The van der Waals surface area contributed by atoms with Gasteiger partial charge in [0.2, 0.25) is 5.91 Å². The summed E-state index contributed by atoms with van der Waals surface area (Å²) in [6.07, 6.45) is 5.62. The first kappa shape index (κ1) is 16.5. The van der Waals surface area contributed by atoms with Gasteiger partial charge in [0.1, 0.15) is 0 Å². The third-order valence-corrected chi connectivity index (χ3v) is 6.98. The molecule has 1 N–H and O–H groups in total. The Morgan fingerprint density at radius 2 is 2.00 bits per heavy atom. The molecule has 2 aromatic heterocycles. The van der Waals surface area contributed by atoms with Gasteiger partial charge in [-0.1, -0.05) is 0 Å². The van der Waals surface area contributed by atoms with E-state index >= 15 is 0 Å². The lowest BCUT2D eigenvalue weighted by molar-refractivity contribution is -0.125. The molecule has 4 rings (SSSR count). The monoisotopic (exact) mass is 363 g/mol. The van der Waals surface area contributed by atoms with Crippen LogP contribution in [0.2, 0.25) is 0 Å².